The molecule has 0 spiro atoms. The van der Waals surface area contributed by atoms with Crippen LogP contribution in [0.5, 0.6) is 0 Å². The number of carbonyl (C=O) groups is 1. The standard InChI is InChI=1S/C3H4O3P/c1-2-3(4)7(5)6/h2,7H,1H2. The number of hydrogen-bond donors (Lipinski definition) is 0. The van der Waals surface area contributed by atoms with Gasteiger partial charge >= 0.3 is 0 Å². The van der Waals surface area contributed by atoms with Crippen molar-refractivity contribution in [2.45, 2.75) is 0 Å². The van der Waals surface area contributed by atoms with E-state index in [4.69, 9.17) is 0 Å². The first-order valence-corrected chi connectivity index (χ1v) is 2.88. The Balaban J connectivity index is 3.81. The molecule has 39 valence electrons. The van der Waals surface area contributed by atoms with E-state index in [-0.39, 0.29) is 0 Å². The van der Waals surface area contributed by atoms with Crippen LogP contribution in [0.1, 0.15) is 0 Å². The first-order valence-electron chi connectivity index (χ1n) is 1.56. The van der Waals surface area contributed by atoms with Crippen molar-refractivity contribution in [3.05, 3.63) is 12.7 Å². The number of rotatable bonds is 2. The molecule has 0 N–H and O–H groups in total. The lowest BCUT2D eigenvalue weighted by Crippen LogP contribution is -1.77. The minimum absolute atomic E-state index is 0.772. The predicted molar refractivity (Wildman–Crippen MR) is 24.9 cm³/mol. The molecule has 0 aromatic carbocycles. The number of allylic oxidation sites excluding steroid dienone is 1. The Kier molecular flexibility index (Phi) is 2.56. The van der Waals surface area contributed by atoms with Gasteiger partial charge in [-0.2, -0.15) is 4.89 Å². The van der Waals surface area contributed by atoms with Crippen molar-refractivity contribution in [3.63, 3.8) is 0 Å². The molecule has 1 radical (unpaired) electrons. The zero-order valence-electron chi connectivity index (χ0n) is 3.51. The summed E-state index contributed by atoms with van der Waals surface area (Å²) in [6.07, 6.45) is 0.772. The Labute approximate surface area is 41.5 Å². The van der Waals surface area contributed by atoms with Gasteiger partial charge in [0.05, 0.1) is 0 Å². The lowest BCUT2D eigenvalue weighted by molar-refractivity contribution is -0.108. The molecule has 0 fully saturated rings. The molecule has 0 rings (SSSR count). The van der Waals surface area contributed by atoms with Crippen LogP contribution in [0.3, 0.4) is 0 Å². The van der Waals surface area contributed by atoms with Crippen molar-refractivity contribution in [1.82, 2.24) is 0 Å². The van der Waals surface area contributed by atoms with Crippen molar-refractivity contribution in [2.24, 2.45) is 0 Å². The number of hydrogen-bond acceptors (Lipinski definition) is 2. The highest BCUT2D eigenvalue weighted by Gasteiger charge is 2.00. The topological polar surface area (TPSA) is 54.0 Å². The van der Waals surface area contributed by atoms with Gasteiger partial charge in [-0.25, -0.2) is 0 Å². The summed E-state index contributed by atoms with van der Waals surface area (Å²) in [5, 5.41) is 0. The monoisotopic (exact) mass is 119 g/mol. The fraction of sp³-hybridized carbons (Fsp3) is 0. The smallest absolute Gasteiger partial charge is 0.285 e. The molecule has 0 aromatic rings. The largest absolute Gasteiger partial charge is 0.291 e. The molecule has 0 aliphatic heterocycles. The van der Waals surface area contributed by atoms with Crippen LogP contribution in [0.15, 0.2) is 12.7 Å². The Hall–Kier alpha value is -0.400. The summed E-state index contributed by atoms with van der Waals surface area (Å²) in [6, 6.07) is 0. The van der Waals surface area contributed by atoms with E-state index in [0.717, 1.165) is 6.08 Å². The van der Waals surface area contributed by atoms with Crippen molar-refractivity contribution in [1.29, 1.82) is 0 Å². The minimum Gasteiger partial charge on any atom is -0.285 e. The molecular formula is C3H4O3P. The van der Waals surface area contributed by atoms with Gasteiger partial charge in [0.25, 0.3) is 8.03 Å². The van der Waals surface area contributed by atoms with Gasteiger partial charge in [-0.15, -0.1) is 0 Å². The van der Waals surface area contributed by atoms with E-state index in [9.17, 15) is 14.3 Å². The molecule has 0 saturated carbocycles. The molecule has 1 atom stereocenters. The number of carbonyl (C=O) groups excluding carboxylic acids is 1. The molecular weight excluding hydrogens is 115 g/mol. The average molecular weight is 119 g/mol. The van der Waals surface area contributed by atoms with E-state index in [1.54, 1.807) is 0 Å². The van der Waals surface area contributed by atoms with Crippen molar-refractivity contribution >= 4 is 13.6 Å². The maximum absolute atomic E-state index is 9.81. The summed E-state index contributed by atoms with van der Waals surface area (Å²) < 4.78 is 9.58. The third-order valence-electron chi connectivity index (χ3n) is 0.387. The average Bonchev–Trinajstić information content (AvgIpc) is 1.65. The SMILES string of the molecule is C=CC(=O)[PH]([O])=O. The van der Waals surface area contributed by atoms with Crippen molar-refractivity contribution < 1.29 is 14.3 Å². The minimum atomic E-state index is -3.22. The zero-order valence-corrected chi connectivity index (χ0v) is 4.51. The van der Waals surface area contributed by atoms with Crippen LogP contribution in [0.2, 0.25) is 0 Å². The molecule has 0 heterocycles. The van der Waals surface area contributed by atoms with Crippen LogP contribution in [0.25, 0.3) is 0 Å². The molecule has 0 aromatic heterocycles. The first-order chi connectivity index (χ1) is 3.18. The van der Waals surface area contributed by atoms with Crippen LogP contribution in [0.4, 0.5) is 0 Å². The maximum atomic E-state index is 9.81. The molecule has 0 saturated heterocycles. The van der Waals surface area contributed by atoms with E-state index in [1.165, 1.54) is 0 Å². The highest BCUT2D eigenvalue weighted by atomic mass is 31.1. The molecule has 4 heteroatoms. The van der Waals surface area contributed by atoms with Crippen LogP contribution in [-0.2, 0) is 14.3 Å². The van der Waals surface area contributed by atoms with E-state index in [0.29, 0.717) is 0 Å². The highest BCUT2D eigenvalue weighted by Crippen LogP contribution is 2.14. The van der Waals surface area contributed by atoms with E-state index >= 15 is 0 Å². The summed E-state index contributed by atoms with van der Waals surface area (Å²) in [5.41, 5.74) is -0.898. The Morgan fingerprint density at radius 2 is 2.14 bits per heavy atom. The van der Waals surface area contributed by atoms with E-state index < -0.39 is 13.6 Å². The summed E-state index contributed by atoms with van der Waals surface area (Å²) in [5.74, 6) is 0. The summed E-state index contributed by atoms with van der Waals surface area (Å²) in [6.45, 7) is 2.96. The fourth-order valence-electron chi connectivity index (χ4n) is 0.0833. The van der Waals surface area contributed by atoms with Gasteiger partial charge in [0, 0.05) is 0 Å². The van der Waals surface area contributed by atoms with Crippen LogP contribution >= 0.6 is 8.03 Å². The van der Waals surface area contributed by atoms with E-state index in [1.807, 2.05) is 0 Å². The Bertz CT molecular complexity index is 117. The molecule has 3 nitrogen and oxygen atoms in total. The Morgan fingerprint density at radius 3 is 2.14 bits per heavy atom. The van der Waals surface area contributed by atoms with Gasteiger partial charge in [0.1, 0.15) is 0 Å². The molecule has 7 heavy (non-hydrogen) atoms. The molecule has 0 aliphatic rings. The molecule has 1 unspecified atom stereocenters. The van der Waals surface area contributed by atoms with Gasteiger partial charge in [0.15, 0.2) is 0 Å². The van der Waals surface area contributed by atoms with Gasteiger partial charge in [0.2, 0.25) is 5.52 Å². The molecule has 0 amide bonds. The zero-order chi connectivity index (χ0) is 5.86. The second-order valence-corrected chi connectivity index (χ2v) is 1.92. The van der Waals surface area contributed by atoms with Crippen LogP contribution in [-0.4, -0.2) is 5.52 Å². The lowest BCUT2D eigenvalue weighted by Gasteiger charge is -1.74. The van der Waals surface area contributed by atoms with Gasteiger partial charge < -0.3 is 0 Å². The summed E-state index contributed by atoms with van der Waals surface area (Å²) >= 11 is 0. The fourth-order valence-corrected chi connectivity index (χ4v) is 0.250. The molecule has 0 aliphatic carbocycles. The van der Waals surface area contributed by atoms with E-state index in [2.05, 4.69) is 6.58 Å². The normalized spacial score (nSPS) is 12.7. The van der Waals surface area contributed by atoms with Gasteiger partial charge in [-0.1, -0.05) is 6.58 Å². The van der Waals surface area contributed by atoms with Crippen LogP contribution in [0, 0.1) is 0 Å². The van der Waals surface area contributed by atoms with Crippen molar-refractivity contribution in [3.8, 4) is 0 Å². The predicted octanol–water partition coefficient (Wildman–Crippen LogP) is 0.604. The quantitative estimate of drug-likeness (QED) is 0.394. The Morgan fingerprint density at radius 1 is 1.71 bits per heavy atom. The second kappa shape index (κ2) is 2.72. The van der Waals surface area contributed by atoms with Crippen molar-refractivity contribution in [2.75, 3.05) is 0 Å². The third-order valence-corrected chi connectivity index (χ3v) is 0.993. The second-order valence-electron chi connectivity index (χ2n) is 0.856. The highest BCUT2D eigenvalue weighted by molar-refractivity contribution is 7.58. The molecule has 0 bridgehead atoms. The van der Waals surface area contributed by atoms with Crippen LogP contribution < -0.4 is 0 Å². The van der Waals surface area contributed by atoms with Gasteiger partial charge in [-0.05, 0) is 6.08 Å². The third kappa shape index (κ3) is 2.31. The van der Waals surface area contributed by atoms with Gasteiger partial charge in [-0.3, -0.25) is 9.36 Å². The lowest BCUT2D eigenvalue weighted by atomic mass is 10.7. The summed E-state index contributed by atoms with van der Waals surface area (Å²) in [4.78, 5) is 19.4. The maximum Gasteiger partial charge on any atom is 0.291 e. The first kappa shape index (κ1) is 6.60. The summed E-state index contributed by atoms with van der Waals surface area (Å²) in [7, 11) is -3.22.